The lowest BCUT2D eigenvalue weighted by Crippen LogP contribution is -2.17. The Kier molecular flexibility index (Phi) is 3.21. The first-order valence-electron chi connectivity index (χ1n) is 6.26. The molecule has 6 nitrogen and oxygen atoms in total. The highest BCUT2D eigenvalue weighted by Crippen LogP contribution is 2.23. The molecule has 0 unspecified atom stereocenters. The van der Waals surface area contributed by atoms with E-state index in [0.29, 0.717) is 17.8 Å². The highest BCUT2D eigenvalue weighted by molar-refractivity contribution is 9.10. The van der Waals surface area contributed by atoms with Crippen LogP contribution in [0.25, 0.3) is 11.2 Å². The van der Waals surface area contributed by atoms with Crippen LogP contribution in [0.15, 0.2) is 32.0 Å². The first-order chi connectivity index (χ1) is 9.61. The third-order valence-corrected chi connectivity index (χ3v) is 4.15. The molecule has 20 heavy (non-hydrogen) atoms. The molecule has 0 aliphatic heterocycles. The second kappa shape index (κ2) is 4.90. The molecule has 0 aliphatic rings. The smallest absolute Gasteiger partial charge is 0.406 e. The van der Waals surface area contributed by atoms with Gasteiger partial charge in [-0.15, -0.1) is 0 Å². The number of rotatable bonds is 3. The zero-order valence-corrected chi connectivity index (χ0v) is 12.7. The van der Waals surface area contributed by atoms with Crippen molar-refractivity contribution in [2.45, 2.75) is 19.9 Å². The molecule has 0 spiro atoms. The van der Waals surface area contributed by atoms with Crippen LogP contribution in [-0.2, 0) is 20.0 Å². The van der Waals surface area contributed by atoms with Gasteiger partial charge in [0.15, 0.2) is 11.2 Å². The lowest BCUT2D eigenvalue weighted by atomic mass is 10.3. The summed E-state index contributed by atoms with van der Waals surface area (Å²) in [6.45, 7) is 2.41. The maximum Gasteiger partial charge on any atom is 0.421 e. The summed E-state index contributed by atoms with van der Waals surface area (Å²) in [6.07, 6.45) is 2.47. The van der Waals surface area contributed by atoms with Crippen LogP contribution in [0.3, 0.4) is 0 Å². The van der Waals surface area contributed by atoms with Crippen molar-refractivity contribution in [2.24, 2.45) is 7.05 Å². The molecular weight excluding hydrogens is 324 g/mol. The van der Waals surface area contributed by atoms with Crippen molar-refractivity contribution in [2.75, 3.05) is 0 Å². The van der Waals surface area contributed by atoms with Gasteiger partial charge in [0.05, 0.1) is 22.4 Å². The summed E-state index contributed by atoms with van der Waals surface area (Å²) < 4.78 is 9.40. The van der Waals surface area contributed by atoms with E-state index >= 15 is 0 Å². The highest BCUT2D eigenvalue weighted by Gasteiger charge is 2.17. The lowest BCUT2D eigenvalue weighted by Gasteiger charge is -2.03. The number of fused-ring (bicyclic) bond motifs is 1. The van der Waals surface area contributed by atoms with E-state index in [1.807, 2.05) is 14.0 Å². The predicted molar refractivity (Wildman–Crippen MR) is 77.7 cm³/mol. The topological polar surface area (TPSA) is 65.8 Å². The summed E-state index contributed by atoms with van der Waals surface area (Å²) in [4.78, 5) is 16.2. The van der Waals surface area contributed by atoms with Crippen molar-refractivity contribution in [1.29, 1.82) is 0 Å². The number of halogens is 1. The highest BCUT2D eigenvalue weighted by atomic mass is 79.9. The largest absolute Gasteiger partial charge is 0.421 e. The van der Waals surface area contributed by atoms with Crippen molar-refractivity contribution < 1.29 is 4.42 Å². The zero-order valence-electron chi connectivity index (χ0n) is 11.1. The Morgan fingerprint density at radius 1 is 1.45 bits per heavy atom. The Balaban J connectivity index is 2.12. The van der Waals surface area contributed by atoms with Crippen LogP contribution in [0.5, 0.6) is 0 Å². The van der Waals surface area contributed by atoms with E-state index in [-0.39, 0.29) is 0 Å². The number of oxazole rings is 1. The fourth-order valence-corrected chi connectivity index (χ4v) is 2.92. The number of hydrogen-bond donors (Lipinski definition) is 0. The summed E-state index contributed by atoms with van der Waals surface area (Å²) >= 11 is 3.55. The van der Waals surface area contributed by atoms with E-state index < -0.39 is 5.76 Å². The molecule has 0 fully saturated rings. The second-order valence-corrected chi connectivity index (χ2v) is 5.26. The van der Waals surface area contributed by atoms with Gasteiger partial charge < -0.3 is 4.42 Å². The minimum Gasteiger partial charge on any atom is -0.406 e. The van der Waals surface area contributed by atoms with Gasteiger partial charge >= 0.3 is 5.76 Å². The van der Waals surface area contributed by atoms with Gasteiger partial charge in [0.25, 0.3) is 0 Å². The van der Waals surface area contributed by atoms with Crippen molar-refractivity contribution in [3.8, 4) is 0 Å². The molecule has 0 saturated carbocycles. The molecule has 0 amide bonds. The fraction of sp³-hybridized carbons (Fsp3) is 0.308. The normalized spacial score (nSPS) is 11.3. The van der Waals surface area contributed by atoms with Gasteiger partial charge in [-0.1, -0.05) is 6.92 Å². The van der Waals surface area contributed by atoms with Crippen LogP contribution in [-0.4, -0.2) is 19.3 Å². The van der Waals surface area contributed by atoms with Gasteiger partial charge in [0, 0.05) is 13.2 Å². The monoisotopic (exact) mass is 336 g/mol. The van der Waals surface area contributed by atoms with Crippen LogP contribution in [0.4, 0.5) is 0 Å². The second-order valence-electron chi connectivity index (χ2n) is 4.46. The molecule has 7 heteroatoms. The predicted octanol–water partition coefficient (Wildman–Crippen LogP) is 2.10. The standard InChI is InChI=1S/C13H13BrN4O2/c1-3-8-11(14)9(17(2)16-8)7-18-12-10(20-13(18)19)5-4-6-15-12/h4-6H,3,7H2,1-2H3. The number of nitrogens with zero attached hydrogens (tertiary/aromatic N) is 4. The Bertz CT molecular complexity index is 831. The molecule has 104 valence electrons. The van der Waals surface area contributed by atoms with Crippen LogP contribution < -0.4 is 5.76 Å². The lowest BCUT2D eigenvalue weighted by molar-refractivity contribution is 0.511. The number of aryl methyl sites for hydroxylation is 2. The molecule has 0 bridgehead atoms. The summed E-state index contributed by atoms with van der Waals surface area (Å²) in [5.74, 6) is -0.412. The number of aromatic nitrogens is 4. The summed E-state index contributed by atoms with van der Waals surface area (Å²) in [6, 6.07) is 3.47. The molecular formula is C13H13BrN4O2. The average Bonchev–Trinajstić information content (AvgIpc) is 2.90. The molecule has 3 heterocycles. The molecule has 0 atom stereocenters. The van der Waals surface area contributed by atoms with Crippen LogP contribution in [0.2, 0.25) is 0 Å². The maximum absolute atomic E-state index is 12.0. The average molecular weight is 337 g/mol. The first-order valence-corrected chi connectivity index (χ1v) is 7.05. The molecule has 3 aromatic rings. The SMILES string of the molecule is CCc1nn(C)c(Cn2c(=O)oc3cccnc32)c1Br. The molecule has 0 saturated heterocycles. The zero-order chi connectivity index (χ0) is 14.3. The number of hydrogen-bond acceptors (Lipinski definition) is 4. The molecule has 0 aromatic carbocycles. The van der Waals surface area contributed by atoms with Gasteiger partial charge in [0.1, 0.15) is 0 Å². The molecule has 0 aliphatic carbocycles. The van der Waals surface area contributed by atoms with E-state index in [2.05, 4.69) is 26.0 Å². The number of pyridine rings is 1. The quantitative estimate of drug-likeness (QED) is 0.734. The van der Waals surface area contributed by atoms with Crippen molar-refractivity contribution in [1.82, 2.24) is 19.3 Å². The van der Waals surface area contributed by atoms with Gasteiger partial charge in [-0.25, -0.2) is 9.78 Å². The minimum atomic E-state index is -0.412. The van der Waals surface area contributed by atoms with Gasteiger partial charge in [-0.2, -0.15) is 5.10 Å². The van der Waals surface area contributed by atoms with Gasteiger partial charge in [0.2, 0.25) is 0 Å². The Morgan fingerprint density at radius 3 is 2.95 bits per heavy atom. The third kappa shape index (κ3) is 1.98. The van der Waals surface area contributed by atoms with Crippen molar-refractivity contribution >= 4 is 27.2 Å². The minimum absolute atomic E-state index is 0.368. The van der Waals surface area contributed by atoms with E-state index in [0.717, 1.165) is 22.3 Å². The Morgan fingerprint density at radius 2 is 2.25 bits per heavy atom. The van der Waals surface area contributed by atoms with Crippen molar-refractivity contribution in [3.63, 3.8) is 0 Å². The van der Waals surface area contributed by atoms with E-state index in [1.54, 1.807) is 23.0 Å². The van der Waals surface area contributed by atoms with E-state index in [1.165, 1.54) is 4.57 Å². The summed E-state index contributed by atoms with van der Waals surface area (Å²) in [5, 5.41) is 4.42. The maximum atomic E-state index is 12.0. The third-order valence-electron chi connectivity index (χ3n) is 3.24. The van der Waals surface area contributed by atoms with Gasteiger partial charge in [-0.3, -0.25) is 9.25 Å². The Hall–Kier alpha value is -1.89. The van der Waals surface area contributed by atoms with Crippen LogP contribution in [0.1, 0.15) is 18.3 Å². The van der Waals surface area contributed by atoms with Gasteiger partial charge in [-0.05, 0) is 34.5 Å². The van der Waals surface area contributed by atoms with Crippen molar-refractivity contribution in [3.05, 3.63) is 44.7 Å². The molecule has 3 rings (SSSR count). The summed E-state index contributed by atoms with van der Waals surface area (Å²) in [5.41, 5.74) is 2.92. The van der Waals surface area contributed by atoms with E-state index in [9.17, 15) is 4.79 Å². The Labute approximate surface area is 123 Å². The fourth-order valence-electron chi connectivity index (χ4n) is 2.18. The van der Waals surface area contributed by atoms with Crippen LogP contribution >= 0.6 is 15.9 Å². The summed E-state index contributed by atoms with van der Waals surface area (Å²) in [7, 11) is 1.86. The molecule has 0 radical (unpaired) electrons. The molecule has 0 N–H and O–H groups in total. The molecule has 3 aromatic heterocycles. The van der Waals surface area contributed by atoms with Crippen LogP contribution in [0, 0.1) is 0 Å². The first kappa shape index (κ1) is 13.1. The van der Waals surface area contributed by atoms with E-state index in [4.69, 9.17) is 4.42 Å².